The van der Waals surface area contributed by atoms with Crippen molar-refractivity contribution in [2.75, 3.05) is 32.3 Å². The van der Waals surface area contributed by atoms with E-state index in [1.54, 1.807) is 19.1 Å². The van der Waals surface area contributed by atoms with E-state index >= 15 is 0 Å². The third-order valence-electron chi connectivity index (χ3n) is 6.72. The minimum absolute atomic E-state index is 0.0322. The lowest BCUT2D eigenvalue weighted by atomic mass is 10.1. The molecule has 1 saturated heterocycles. The average molecular weight is 520 g/mol. The fourth-order valence-corrected chi connectivity index (χ4v) is 5.07. The van der Waals surface area contributed by atoms with E-state index in [0.29, 0.717) is 47.5 Å². The molecule has 0 bridgehead atoms. The Morgan fingerprint density at radius 2 is 1.78 bits per heavy atom. The third kappa shape index (κ3) is 5.23. The number of fused-ring (bicyclic) bond motifs is 1. The maximum absolute atomic E-state index is 13.2. The molecular formula is C29H30ClN3O4. The zero-order valence-electron chi connectivity index (χ0n) is 21.0. The highest BCUT2D eigenvalue weighted by molar-refractivity contribution is 6.32. The van der Waals surface area contributed by atoms with Crippen LogP contribution < -0.4 is 19.1 Å². The van der Waals surface area contributed by atoms with Crippen molar-refractivity contribution in [1.29, 1.82) is 0 Å². The van der Waals surface area contributed by atoms with E-state index in [1.807, 2.05) is 60.7 Å². The summed E-state index contributed by atoms with van der Waals surface area (Å²) in [4.78, 5) is 19.9. The standard InChI is InChI=1S/C29H30ClN3O4/c1-35-21-13-14-27(36-2)25(18-21)33-19-20(17-28(33)34)29-31-23-10-4-5-11-24(23)32(29)15-7-8-16-37-26-12-6-3-9-22(26)30/h3-6,9-14,18,20H,7-8,15-17,19H2,1-2H3. The Hall–Kier alpha value is -3.71. The van der Waals surface area contributed by atoms with Gasteiger partial charge in [-0.2, -0.15) is 0 Å². The van der Waals surface area contributed by atoms with Gasteiger partial charge < -0.3 is 23.7 Å². The van der Waals surface area contributed by atoms with Crippen molar-refractivity contribution in [2.45, 2.75) is 31.7 Å². The summed E-state index contributed by atoms with van der Waals surface area (Å²) in [5.41, 5.74) is 2.73. The largest absolute Gasteiger partial charge is 0.497 e. The number of aromatic nitrogens is 2. The van der Waals surface area contributed by atoms with Crippen LogP contribution in [0.15, 0.2) is 66.7 Å². The summed E-state index contributed by atoms with van der Waals surface area (Å²) in [5, 5.41) is 0.619. The van der Waals surface area contributed by atoms with Crippen molar-refractivity contribution in [3.05, 3.63) is 77.6 Å². The third-order valence-corrected chi connectivity index (χ3v) is 7.03. The Kier molecular flexibility index (Phi) is 7.51. The number of hydrogen-bond acceptors (Lipinski definition) is 5. The molecule has 0 radical (unpaired) electrons. The molecule has 1 aromatic heterocycles. The molecule has 8 heteroatoms. The molecule has 1 fully saturated rings. The van der Waals surface area contributed by atoms with E-state index in [2.05, 4.69) is 10.6 Å². The number of amides is 1. The van der Waals surface area contributed by atoms with Gasteiger partial charge in [0.05, 0.1) is 42.6 Å². The molecule has 0 aliphatic carbocycles. The van der Waals surface area contributed by atoms with Gasteiger partial charge in [-0.25, -0.2) is 4.98 Å². The van der Waals surface area contributed by atoms with E-state index in [4.69, 9.17) is 30.8 Å². The second-order valence-corrected chi connectivity index (χ2v) is 9.45. The van der Waals surface area contributed by atoms with Gasteiger partial charge in [0.1, 0.15) is 23.1 Å². The molecule has 192 valence electrons. The van der Waals surface area contributed by atoms with Crippen LogP contribution in [0, 0.1) is 0 Å². The summed E-state index contributed by atoms with van der Waals surface area (Å²) in [6.07, 6.45) is 2.17. The molecule has 37 heavy (non-hydrogen) atoms. The quantitative estimate of drug-likeness (QED) is 0.237. The Bertz CT molecular complexity index is 1400. The lowest BCUT2D eigenvalue weighted by Crippen LogP contribution is -2.25. The van der Waals surface area contributed by atoms with Crippen LogP contribution in [0.4, 0.5) is 5.69 Å². The first-order valence-electron chi connectivity index (χ1n) is 12.4. The first-order chi connectivity index (χ1) is 18.1. The summed E-state index contributed by atoms with van der Waals surface area (Å²) < 4.78 is 19.1. The zero-order chi connectivity index (χ0) is 25.8. The van der Waals surface area contributed by atoms with Crippen molar-refractivity contribution in [2.24, 2.45) is 0 Å². The highest BCUT2D eigenvalue weighted by Gasteiger charge is 2.36. The molecule has 0 saturated carbocycles. The Morgan fingerprint density at radius 1 is 0.973 bits per heavy atom. The topological polar surface area (TPSA) is 65.8 Å². The minimum Gasteiger partial charge on any atom is -0.497 e. The van der Waals surface area contributed by atoms with E-state index in [1.165, 1.54) is 0 Å². The van der Waals surface area contributed by atoms with Crippen molar-refractivity contribution < 1.29 is 19.0 Å². The molecule has 5 rings (SSSR count). The summed E-state index contributed by atoms with van der Waals surface area (Å²) in [6, 6.07) is 21.1. The van der Waals surface area contributed by atoms with Crippen LogP contribution in [0.1, 0.15) is 31.0 Å². The molecule has 1 aliphatic heterocycles. The number of unbranched alkanes of at least 4 members (excludes halogenated alkanes) is 1. The van der Waals surface area contributed by atoms with Gasteiger partial charge in [-0.1, -0.05) is 35.9 Å². The van der Waals surface area contributed by atoms with Crippen LogP contribution in [0.25, 0.3) is 11.0 Å². The monoisotopic (exact) mass is 519 g/mol. The van der Waals surface area contributed by atoms with E-state index in [9.17, 15) is 4.79 Å². The smallest absolute Gasteiger partial charge is 0.227 e. The normalized spacial score (nSPS) is 15.4. The molecule has 1 atom stereocenters. The van der Waals surface area contributed by atoms with E-state index in [-0.39, 0.29) is 11.8 Å². The summed E-state index contributed by atoms with van der Waals surface area (Å²) >= 11 is 6.20. The molecule has 1 amide bonds. The first-order valence-corrected chi connectivity index (χ1v) is 12.8. The van der Waals surface area contributed by atoms with Gasteiger partial charge in [-0.3, -0.25) is 4.79 Å². The number of hydrogen-bond donors (Lipinski definition) is 0. The highest BCUT2D eigenvalue weighted by Crippen LogP contribution is 2.39. The number of ether oxygens (including phenoxy) is 3. The molecule has 4 aromatic rings. The van der Waals surface area contributed by atoms with Gasteiger partial charge in [0.2, 0.25) is 5.91 Å². The predicted molar refractivity (Wildman–Crippen MR) is 145 cm³/mol. The SMILES string of the molecule is COc1ccc(OC)c(N2CC(c3nc4ccccc4n3CCCCOc3ccccc3Cl)CC2=O)c1. The van der Waals surface area contributed by atoms with Gasteiger partial charge >= 0.3 is 0 Å². The molecule has 0 N–H and O–H groups in total. The number of anilines is 1. The van der Waals surface area contributed by atoms with Gasteiger partial charge in [0, 0.05) is 31.5 Å². The second-order valence-electron chi connectivity index (χ2n) is 9.04. The van der Waals surface area contributed by atoms with Crippen molar-refractivity contribution in [3.8, 4) is 17.2 Å². The van der Waals surface area contributed by atoms with E-state index < -0.39 is 0 Å². The number of imidazole rings is 1. The van der Waals surface area contributed by atoms with Crippen LogP contribution in [-0.4, -0.2) is 42.8 Å². The number of para-hydroxylation sites is 3. The molecule has 2 heterocycles. The number of carbonyl (C=O) groups excluding carboxylic acids is 1. The van der Waals surface area contributed by atoms with Crippen LogP contribution >= 0.6 is 11.6 Å². The fraction of sp³-hybridized carbons (Fsp3) is 0.310. The van der Waals surface area contributed by atoms with Crippen LogP contribution in [0.2, 0.25) is 5.02 Å². The Balaban J connectivity index is 1.33. The molecule has 0 spiro atoms. The first kappa shape index (κ1) is 25.0. The predicted octanol–water partition coefficient (Wildman–Crippen LogP) is 6.09. The molecule has 1 aliphatic rings. The van der Waals surface area contributed by atoms with Crippen LogP contribution in [-0.2, 0) is 11.3 Å². The number of aryl methyl sites for hydroxylation is 1. The zero-order valence-corrected chi connectivity index (χ0v) is 21.8. The Labute approximate surface area is 221 Å². The summed E-state index contributed by atoms with van der Waals surface area (Å²) in [7, 11) is 3.22. The summed E-state index contributed by atoms with van der Waals surface area (Å²) in [5.74, 6) is 2.97. The fourth-order valence-electron chi connectivity index (χ4n) is 4.88. The van der Waals surface area contributed by atoms with Crippen LogP contribution in [0.3, 0.4) is 0 Å². The van der Waals surface area contributed by atoms with Crippen molar-refractivity contribution in [3.63, 3.8) is 0 Å². The Morgan fingerprint density at radius 3 is 2.59 bits per heavy atom. The molecule has 7 nitrogen and oxygen atoms in total. The number of carbonyl (C=O) groups is 1. The maximum Gasteiger partial charge on any atom is 0.227 e. The van der Waals surface area contributed by atoms with Crippen molar-refractivity contribution in [1.82, 2.24) is 9.55 Å². The van der Waals surface area contributed by atoms with Crippen molar-refractivity contribution >= 4 is 34.2 Å². The molecular weight excluding hydrogens is 490 g/mol. The van der Waals surface area contributed by atoms with E-state index in [0.717, 1.165) is 36.2 Å². The number of rotatable bonds is 10. The molecule has 3 aromatic carbocycles. The maximum atomic E-state index is 13.2. The number of nitrogens with zero attached hydrogens (tertiary/aromatic N) is 3. The highest BCUT2D eigenvalue weighted by atomic mass is 35.5. The van der Waals surface area contributed by atoms with Gasteiger partial charge in [-0.15, -0.1) is 0 Å². The minimum atomic E-state index is -0.0322. The number of benzene rings is 3. The van der Waals surface area contributed by atoms with Gasteiger partial charge in [-0.05, 0) is 49.2 Å². The number of methoxy groups -OCH3 is 2. The summed E-state index contributed by atoms with van der Waals surface area (Å²) in [6.45, 7) is 1.90. The van der Waals surface area contributed by atoms with Gasteiger partial charge in [0.15, 0.2) is 0 Å². The molecule has 1 unspecified atom stereocenters. The van der Waals surface area contributed by atoms with Crippen LogP contribution in [0.5, 0.6) is 17.2 Å². The lowest BCUT2D eigenvalue weighted by molar-refractivity contribution is -0.117. The number of halogens is 1. The average Bonchev–Trinajstić information content (AvgIpc) is 3.49. The van der Waals surface area contributed by atoms with Gasteiger partial charge in [0.25, 0.3) is 0 Å². The second kappa shape index (κ2) is 11.1. The lowest BCUT2D eigenvalue weighted by Gasteiger charge is -2.20.